The van der Waals surface area contributed by atoms with E-state index in [2.05, 4.69) is 15.3 Å². The highest BCUT2D eigenvalue weighted by atomic mass is 35.5. The van der Waals surface area contributed by atoms with Gasteiger partial charge < -0.3 is 14.8 Å². The van der Waals surface area contributed by atoms with Gasteiger partial charge in [-0.2, -0.15) is 0 Å². The summed E-state index contributed by atoms with van der Waals surface area (Å²) in [5.41, 5.74) is -0.288. The second kappa shape index (κ2) is 11.1. The number of nitrogens with zero attached hydrogens (tertiary/aromatic N) is 3. The van der Waals surface area contributed by atoms with E-state index in [4.69, 9.17) is 32.7 Å². The number of thiazole rings is 1. The molecule has 0 aromatic carbocycles. The second-order valence-corrected chi connectivity index (χ2v) is 13.1. The zero-order valence-electron chi connectivity index (χ0n) is 21.3. The summed E-state index contributed by atoms with van der Waals surface area (Å²) >= 11 is 15.9. The Labute approximate surface area is 228 Å². The molecule has 2 amide bonds. The molecule has 0 bridgehead atoms. The first kappa shape index (κ1) is 28.4. The second-order valence-electron chi connectivity index (χ2n) is 10.2. The van der Waals surface area contributed by atoms with Crippen molar-refractivity contribution >= 4 is 74.0 Å². The minimum atomic E-state index is -0.699. The molecule has 0 aliphatic heterocycles. The van der Waals surface area contributed by atoms with Gasteiger partial charge in [0.05, 0.1) is 22.0 Å². The molecule has 12 heteroatoms. The average Bonchev–Trinajstić information content (AvgIpc) is 3.32. The number of hydrogen-bond acceptors (Lipinski definition) is 8. The van der Waals surface area contributed by atoms with Crippen molar-refractivity contribution in [1.82, 2.24) is 15.3 Å². The number of carbonyl (C=O) groups excluding carboxylic acids is 2. The van der Waals surface area contributed by atoms with Gasteiger partial charge in [-0.15, -0.1) is 22.7 Å². The van der Waals surface area contributed by atoms with Crippen molar-refractivity contribution in [3.63, 3.8) is 0 Å². The molecule has 0 radical (unpaired) electrons. The molecule has 8 nitrogen and oxygen atoms in total. The molecule has 1 N–H and O–H groups in total. The van der Waals surface area contributed by atoms with Crippen LogP contribution in [0, 0.1) is 0 Å². The number of alkyl carbamates (subject to hydrolysis) is 1. The molecular formula is C24H30Cl2N4O4S2. The van der Waals surface area contributed by atoms with E-state index in [-0.39, 0.29) is 17.7 Å². The summed E-state index contributed by atoms with van der Waals surface area (Å²) in [5, 5.41) is 6.03. The summed E-state index contributed by atoms with van der Waals surface area (Å²) in [7, 11) is 0. The molecule has 0 spiro atoms. The maximum Gasteiger partial charge on any atom is 0.415 e. The fraction of sp³-hybridized carbons (Fsp3) is 0.500. The zero-order chi connectivity index (χ0) is 26.8. The maximum absolute atomic E-state index is 13.3. The molecule has 196 valence electrons. The van der Waals surface area contributed by atoms with E-state index in [0.29, 0.717) is 27.3 Å². The fourth-order valence-corrected chi connectivity index (χ4v) is 5.70. The smallest absolute Gasteiger partial charge is 0.415 e. The highest BCUT2D eigenvalue weighted by molar-refractivity contribution is 7.20. The number of pyridine rings is 1. The standard InChI is InChI=1S/C24H30Cl2N4O4S2/c1-13(28-21(31)33-23(2,3)4)10-15-18(26)19-20(36-15)14(11-16(25)29-19)30(12-17-27-8-9-35-17)22(32)34-24(5,6)7/h8-9,11,13H,10,12H2,1-7H3,(H,28,31)/t13-/m0/s1. The van der Waals surface area contributed by atoms with Crippen molar-refractivity contribution in [1.29, 1.82) is 0 Å². The van der Waals surface area contributed by atoms with Gasteiger partial charge in [-0.25, -0.2) is 19.6 Å². The van der Waals surface area contributed by atoms with Crippen LogP contribution in [0.4, 0.5) is 15.3 Å². The number of nitrogens with one attached hydrogen (secondary N) is 1. The van der Waals surface area contributed by atoms with Crippen molar-refractivity contribution < 1.29 is 19.1 Å². The number of anilines is 1. The Morgan fingerprint density at radius 3 is 2.39 bits per heavy atom. The molecule has 0 aliphatic rings. The fourth-order valence-electron chi connectivity index (χ4n) is 3.24. The van der Waals surface area contributed by atoms with E-state index in [0.717, 1.165) is 9.88 Å². The third-order valence-electron chi connectivity index (χ3n) is 4.54. The number of hydrogen-bond donors (Lipinski definition) is 1. The number of fused-ring (bicyclic) bond motifs is 1. The van der Waals surface area contributed by atoms with Crippen LogP contribution in [0.25, 0.3) is 10.2 Å². The van der Waals surface area contributed by atoms with Crippen LogP contribution in [-0.4, -0.2) is 39.4 Å². The monoisotopic (exact) mass is 572 g/mol. The van der Waals surface area contributed by atoms with Crippen LogP contribution < -0.4 is 10.2 Å². The Morgan fingerprint density at radius 2 is 1.81 bits per heavy atom. The van der Waals surface area contributed by atoms with Crippen LogP contribution in [0.15, 0.2) is 17.6 Å². The summed E-state index contributed by atoms with van der Waals surface area (Å²) in [5.74, 6) is 0. The van der Waals surface area contributed by atoms with E-state index in [1.165, 1.54) is 27.6 Å². The third-order valence-corrected chi connectivity index (χ3v) is 7.24. The summed E-state index contributed by atoms with van der Waals surface area (Å²) in [6.45, 7) is 12.9. The molecule has 3 aromatic rings. The molecule has 0 saturated carbocycles. The molecule has 1 atom stereocenters. The van der Waals surface area contributed by atoms with Crippen molar-refractivity contribution in [2.24, 2.45) is 0 Å². The number of carbonyl (C=O) groups is 2. The van der Waals surface area contributed by atoms with Gasteiger partial charge in [-0.05, 0) is 48.5 Å². The van der Waals surface area contributed by atoms with E-state index >= 15 is 0 Å². The maximum atomic E-state index is 13.3. The minimum absolute atomic E-state index is 0.191. The van der Waals surface area contributed by atoms with Gasteiger partial charge >= 0.3 is 12.2 Å². The van der Waals surface area contributed by atoms with E-state index < -0.39 is 23.4 Å². The van der Waals surface area contributed by atoms with Crippen molar-refractivity contribution in [3.05, 3.63) is 37.7 Å². The molecule has 0 aliphatic carbocycles. The highest BCUT2D eigenvalue weighted by Crippen LogP contribution is 2.42. The average molecular weight is 574 g/mol. The molecular weight excluding hydrogens is 543 g/mol. The predicted molar refractivity (Wildman–Crippen MR) is 147 cm³/mol. The Morgan fingerprint density at radius 1 is 1.14 bits per heavy atom. The van der Waals surface area contributed by atoms with Crippen molar-refractivity contribution in [2.75, 3.05) is 4.90 Å². The van der Waals surface area contributed by atoms with Crippen LogP contribution in [-0.2, 0) is 22.4 Å². The largest absolute Gasteiger partial charge is 0.444 e. The first-order chi connectivity index (χ1) is 16.6. The van der Waals surface area contributed by atoms with Gasteiger partial charge in [0.25, 0.3) is 0 Å². The molecule has 3 aromatic heterocycles. The van der Waals surface area contributed by atoms with Crippen LogP contribution in [0.3, 0.4) is 0 Å². The molecule has 0 fully saturated rings. The summed E-state index contributed by atoms with van der Waals surface area (Å²) in [6, 6.07) is 1.36. The topological polar surface area (TPSA) is 93.7 Å². The van der Waals surface area contributed by atoms with E-state index in [1.807, 2.05) is 12.3 Å². The van der Waals surface area contributed by atoms with Crippen molar-refractivity contribution in [2.45, 2.75) is 78.7 Å². The van der Waals surface area contributed by atoms with Gasteiger partial charge in [0.2, 0.25) is 0 Å². The quantitative estimate of drug-likeness (QED) is 0.308. The highest BCUT2D eigenvalue weighted by Gasteiger charge is 2.29. The zero-order valence-corrected chi connectivity index (χ0v) is 24.4. The van der Waals surface area contributed by atoms with Gasteiger partial charge in [0.1, 0.15) is 26.9 Å². The number of amides is 2. The number of aromatic nitrogens is 2. The van der Waals surface area contributed by atoms with E-state index in [1.54, 1.807) is 53.8 Å². The Kier molecular flexibility index (Phi) is 8.75. The normalized spacial score (nSPS) is 12.9. The molecule has 3 rings (SSSR count). The SMILES string of the molecule is C[C@@H](Cc1sc2c(N(Cc3nccs3)C(=O)OC(C)(C)C)cc(Cl)nc2c1Cl)NC(=O)OC(C)(C)C. The Bertz CT molecular complexity index is 1230. The Hall–Kier alpha value is -2.14. The summed E-state index contributed by atoms with van der Waals surface area (Å²) < 4.78 is 11.7. The molecule has 0 unspecified atom stereocenters. The van der Waals surface area contributed by atoms with Gasteiger partial charge in [-0.1, -0.05) is 23.2 Å². The first-order valence-corrected chi connectivity index (χ1v) is 13.7. The van der Waals surface area contributed by atoms with Crippen molar-refractivity contribution in [3.8, 4) is 0 Å². The van der Waals surface area contributed by atoms with Gasteiger partial charge in [0.15, 0.2) is 0 Å². The lowest BCUT2D eigenvalue weighted by atomic mass is 10.2. The number of halogens is 2. The molecule has 0 saturated heterocycles. The number of thiophene rings is 1. The first-order valence-electron chi connectivity index (χ1n) is 11.3. The van der Waals surface area contributed by atoms with Gasteiger partial charge in [0, 0.05) is 35.0 Å². The number of rotatable bonds is 6. The third kappa shape index (κ3) is 7.68. The minimum Gasteiger partial charge on any atom is -0.444 e. The molecule has 36 heavy (non-hydrogen) atoms. The van der Waals surface area contributed by atoms with Crippen LogP contribution in [0.5, 0.6) is 0 Å². The van der Waals surface area contributed by atoms with Crippen LogP contribution in [0.2, 0.25) is 10.2 Å². The summed E-state index contributed by atoms with van der Waals surface area (Å²) in [4.78, 5) is 36.5. The lowest BCUT2D eigenvalue weighted by Gasteiger charge is -2.27. The van der Waals surface area contributed by atoms with Gasteiger partial charge in [-0.3, -0.25) is 4.90 Å². The molecule has 3 heterocycles. The summed E-state index contributed by atoms with van der Waals surface area (Å²) in [6.07, 6.45) is 1.08. The lowest BCUT2D eigenvalue weighted by Crippen LogP contribution is -2.38. The number of ether oxygens (including phenoxy) is 2. The van der Waals surface area contributed by atoms with E-state index in [9.17, 15) is 9.59 Å². The lowest BCUT2D eigenvalue weighted by molar-refractivity contribution is 0.0507. The Balaban J connectivity index is 1.98. The van der Waals surface area contributed by atoms with Crippen LogP contribution in [0.1, 0.15) is 58.4 Å². The van der Waals surface area contributed by atoms with Crippen LogP contribution >= 0.6 is 45.9 Å². The predicted octanol–water partition coefficient (Wildman–Crippen LogP) is 7.46.